The highest BCUT2D eigenvalue weighted by Gasteiger charge is 2.15. The number of amides is 2. The van der Waals surface area contributed by atoms with Gasteiger partial charge in [-0.2, -0.15) is 0 Å². The van der Waals surface area contributed by atoms with Gasteiger partial charge in [0.05, 0.1) is 14.2 Å². The second-order valence-electron chi connectivity index (χ2n) is 7.12. The maximum Gasteiger partial charge on any atom is 0.286 e. The quantitative estimate of drug-likeness (QED) is 0.462. The van der Waals surface area contributed by atoms with Gasteiger partial charge in [0.2, 0.25) is 5.01 Å². The molecule has 0 aliphatic heterocycles. The Morgan fingerprint density at radius 1 is 1.00 bits per heavy atom. The van der Waals surface area contributed by atoms with E-state index in [-0.39, 0.29) is 29.5 Å². The van der Waals surface area contributed by atoms with Crippen LogP contribution in [-0.4, -0.2) is 42.3 Å². The van der Waals surface area contributed by atoms with Crippen LogP contribution in [0, 0.1) is 0 Å². The van der Waals surface area contributed by atoms with E-state index in [9.17, 15) is 9.59 Å². The number of carbonyl (C=O) groups excluding carboxylic acids is 2. The first kappa shape index (κ1) is 24.0. The predicted molar refractivity (Wildman–Crippen MR) is 125 cm³/mol. The van der Waals surface area contributed by atoms with Crippen molar-refractivity contribution in [1.82, 2.24) is 15.5 Å². The zero-order valence-corrected chi connectivity index (χ0v) is 19.7. The molecule has 0 aliphatic rings. The Kier molecular flexibility index (Phi) is 8.20. The Bertz CT molecular complexity index is 1100. The molecule has 2 amide bonds. The molecule has 2 aromatic carbocycles. The van der Waals surface area contributed by atoms with Crippen LogP contribution in [0.5, 0.6) is 17.2 Å². The number of hydrogen-bond donors (Lipinski definition) is 2. The number of rotatable bonds is 10. The molecule has 1 atom stereocenters. The van der Waals surface area contributed by atoms with E-state index in [1.165, 1.54) is 0 Å². The summed E-state index contributed by atoms with van der Waals surface area (Å²) in [6, 6.07) is 12.0. The van der Waals surface area contributed by atoms with E-state index in [2.05, 4.69) is 20.8 Å². The van der Waals surface area contributed by atoms with Gasteiger partial charge in [-0.15, -0.1) is 10.2 Å². The molecule has 0 aliphatic carbocycles. The molecule has 3 aromatic rings. The van der Waals surface area contributed by atoms with Crippen molar-refractivity contribution in [2.45, 2.75) is 32.9 Å². The van der Waals surface area contributed by atoms with Crippen LogP contribution in [0.2, 0.25) is 0 Å². The third-order valence-electron chi connectivity index (χ3n) is 4.77. The van der Waals surface area contributed by atoms with Crippen LogP contribution >= 0.6 is 11.3 Å². The van der Waals surface area contributed by atoms with Crippen LogP contribution in [0.1, 0.15) is 45.4 Å². The third-order valence-corrected chi connectivity index (χ3v) is 5.67. The van der Waals surface area contributed by atoms with Crippen LogP contribution in [0.15, 0.2) is 42.5 Å². The van der Waals surface area contributed by atoms with Gasteiger partial charge < -0.3 is 24.8 Å². The summed E-state index contributed by atoms with van der Waals surface area (Å²) in [5.74, 6) is 1.19. The molecule has 174 valence electrons. The lowest BCUT2D eigenvalue weighted by molar-refractivity contribution is 0.0938. The molecule has 0 saturated carbocycles. The molecule has 0 bridgehead atoms. The van der Waals surface area contributed by atoms with Crippen LogP contribution in [-0.2, 0) is 6.61 Å². The van der Waals surface area contributed by atoms with Crippen LogP contribution in [0.4, 0.5) is 5.69 Å². The Hall–Kier alpha value is -3.66. The minimum Gasteiger partial charge on any atom is -0.493 e. The molecule has 0 radical (unpaired) electrons. The number of ether oxygens (including phenoxy) is 3. The van der Waals surface area contributed by atoms with Crippen LogP contribution < -0.4 is 24.8 Å². The molecule has 0 unspecified atom stereocenters. The molecule has 1 heterocycles. The zero-order chi connectivity index (χ0) is 23.8. The van der Waals surface area contributed by atoms with Crippen LogP contribution in [0.25, 0.3) is 0 Å². The summed E-state index contributed by atoms with van der Waals surface area (Å²) in [6.07, 6.45) is 0.850. The molecule has 10 heteroatoms. The number of aromatic nitrogens is 2. The largest absolute Gasteiger partial charge is 0.493 e. The summed E-state index contributed by atoms with van der Waals surface area (Å²) in [5, 5.41) is 14.4. The van der Waals surface area contributed by atoms with Gasteiger partial charge in [0.25, 0.3) is 11.8 Å². The summed E-state index contributed by atoms with van der Waals surface area (Å²) >= 11 is 1.14. The van der Waals surface area contributed by atoms with Crippen molar-refractivity contribution in [2.24, 2.45) is 0 Å². The van der Waals surface area contributed by atoms with E-state index in [0.29, 0.717) is 33.5 Å². The fourth-order valence-electron chi connectivity index (χ4n) is 2.75. The average Bonchev–Trinajstić information content (AvgIpc) is 3.32. The molecule has 1 aromatic heterocycles. The highest BCUT2D eigenvalue weighted by atomic mass is 32.1. The van der Waals surface area contributed by atoms with Crippen molar-refractivity contribution in [3.8, 4) is 17.2 Å². The van der Waals surface area contributed by atoms with Crippen LogP contribution in [0.3, 0.4) is 0 Å². The number of hydrogen-bond acceptors (Lipinski definition) is 8. The smallest absolute Gasteiger partial charge is 0.286 e. The normalized spacial score (nSPS) is 11.4. The summed E-state index contributed by atoms with van der Waals surface area (Å²) < 4.78 is 16.2. The van der Waals surface area contributed by atoms with Crippen molar-refractivity contribution < 1.29 is 23.8 Å². The minimum absolute atomic E-state index is 0.0965. The number of methoxy groups -OCH3 is 2. The maximum atomic E-state index is 12.5. The van der Waals surface area contributed by atoms with E-state index in [1.54, 1.807) is 56.7 Å². The minimum atomic E-state index is -0.387. The SMILES string of the molecule is CC[C@@H](C)NC(=O)c1ccc(NC(=O)c2nnc(COc3ccc(OC)c(OC)c3)s2)cc1. The van der Waals surface area contributed by atoms with E-state index in [1.807, 2.05) is 13.8 Å². The molecule has 0 spiro atoms. The number of nitrogens with zero attached hydrogens (tertiary/aromatic N) is 2. The fourth-order valence-corrected chi connectivity index (χ4v) is 3.40. The summed E-state index contributed by atoms with van der Waals surface area (Å²) in [7, 11) is 3.11. The van der Waals surface area contributed by atoms with E-state index in [0.717, 1.165) is 17.8 Å². The molecule has 2 N–H and O–H groups in total. The Morgan fingerprint density at radius 2 is 1.73 bits per heavy atom. The monoisotopic (exact) mass is 470 g/mol. The average molecular weight is 471 g/mol. The third kappa shape index (κ3) is 6.42. The van der Waals surface area contributed by atoms with Crippen molar-refractivity contribution in [3.05, 3.63) is 58.0 Å². The highest BCUT2D eigenvalue weighted by molar-refractivity contribution is 7.13. The summed E-state index contributed by atoms with van der Waals surface area (Å²) in [4.78, 5) is 24.7. The number of anilines is 1. The van der Waals surface area contributed by atoms with Crippen molar-refractivity contribution in [2.75, 3.05) is 19.5 Å². The lowest BCUT2D eigenvalue weighted by Gasteiger charge is -2.11. The van der Waals surface area contributed by atoms with Crippen molar-refractivity contribution >= 4 is 28.8 Å². The van der Waals surface area contributed by atoms with E-state index < -0.39 is 0 Å². The van der Waals surface area contributed by atoms with Gasteiger partial charge in [-0.3, -0.25) is 9.59 Å². The number of carbonyl (C=O) groups is 2. The lowest BCUT2D eigenvalue weighted by Crippen LogP contribution is -2.31. The molecule has 0 fully saturated rings. The molecule has 9 nitrogen and oxygen atoms in total. The Balaban J connectivity index is 1.56. The predicted octanol–water partition coefficient (Wildman–Crippen LogP) is 3.91. The van der Waals surface area contributed by atoms with Crippen molar-refractivity contribution in [3.63, 3.8) is 0 Å². The summed E-state index contributed by atoms with van der Waals surface area (Å²) in [5.41, 5.74) is 1.08. The highest BCUT2D eigenvalue weighted by Crippen LogP contribution is 2.31. The first-order valence-corrected chi connectivity index (χ1v) is 11.1. The Morgan fingerprint density at radius 3 is 2.39 bits per heavy atom. The van der Waals surface area contributed by atoms with Gasteiger partial charge in [0.15, 0.2) is 16.5 Å². The molecular formula is C23H26N4O5S. The van der Waals surface area contributed by atoms with E-state index >= 15 is 0 Å². The summed E-state index contributed by atoms with van der Waals surface area (Å²) in [6.45, 7) is 4.10. The first-order chi connectivity index (χ1) is 15.9. The zero-order valence-electron chi connectivity index (χ0n) is 18.9. The molecule has 0 saturated heterocycles. The standard InChI is InChI=1S/C23H26N4O5S/c1-5-14(2)24-21(28)15-6-8-16(9-7-15)25-22(29)23-27-26-20(33-23)13-32-17-10-11-18(30-3)19(12-17)31-4/h6-12,14H,5,13H2,1-4H3,(H,24,28)(H,25,29)/t14-/m1/s1. The van der Waals surface area contributed by atoms with Gasteiger partial charge in [-0.05, 0) is 49.7 Å². The molecule has 3 rings (SSSR count). The van der Waals surface area contributed by atoms with Gasteiger partial charge in [-0.1, -0.05) is 18.3 Å². The molecular weight excluding hydrogens is 444 g/mol. The van der Waals surface area contributed by atoms with Gasteiger partial charge in [0.1, 0.15) is 12.4 Å². The number of nitrogens with one attached hydrogen (secondary N) is 2. The first-order valence-electron chi connectivity index (χ1n) is 10.3. The van der Waals surface area contributed by atoms with Gasteiger partial charge >= 0.3 is 0 Å². The second-order valence-corrected chi connectivity index (χ2v) is 8.18. The molecule has 33 heavy (non-hydrogen) atoms. The van der Waals surface area contributed by atoms with Crippen molar-refractivity contribution in [1.29, 1.82) is 0 Å². The Labute approximate surface area is 196 Å². The fraction of sp³-hybridized carbons (Fsp3) is 0.304. The van der Waals surface area contributed by atoms with E-state index in [4.69, 9.17) is 14.2 Å². The topological polar surface area (TPSA) is 112 Å². The second kappa shape index (κ2) is 11.3. The number of benzene rings is 2. The van der Waals surface area contributed by atoms with Gasteiger partial charge in [-0.25, -0.2) is 0 Å². The maximum absolute atomic E-state index is 12.5. The van der Waals surface area contributed by atoms with Gasteiger partial charge in [0, 0.05) is 23.4 Å². The lowest BCUT2D eigenvalue weighted by atomic mass is 10.1.